The lowest BCUT2D eigenvalue weighted by Gasteiger charge is -2.23. The van der Waals surface area contributed by atoms with Crippen molar-refractivity contribution in [3.05, 3.63) is 29.8 Å². The second-order valence-corrected chi connectivity index (χ2v) is 6.93. The number of amides is 1. The van der Waals surface area contributed by atoms with Gasteiger partial charge in [0.2, 0.25) is 15.9 Å². The number of hydrogen-bond donors (Lipinski definition) is 3. The fourth-order valence-electron chi connectivity index (χ4n) is 2.25. The summed E-state index contributed by atoms with van der Waals surface area (Å²) in [6.07, 6.45) is 1.83. The zero-order valence-electron chi connectivity index (χ0n) is 12.1. The fraction of sp³-hybridized carbons (Fsp3) is 0.500. The van der Waals surface area contributed by atoms with Gasteiger partial charge in [-0.3, -0.25) is 4.79 Å². The average Bonchev–Trinajstić information content (AvgIpc) is 2.46. The summed E-state index contributed by atoms with van der Waals surface area (Å²) >= 11 is 0. The van der Waals surface area contributed by atoms with E-state index in [9.17, 15) is 13.2 Å². The Morgan fingerprint density at radius 3 is 2.62 bits per heavy atom. The second kappa shape index (κ2) is 7.02. The fourth-order valence-corrected chi connectivity index (χ4v) is 3.52. The van der Waals surface area contributed by atoms with E-state index < -0.39 is 10.0 Å². The Bertz CT molecular complexity index is 578. The lowest BCUT2D eigenvalue weighted by Crippen LogP contribution is -2.45. The maximum Gasteiger partial charge on any atom is 0.240 e. The molecule has 0 bridgehead atoms. The minimum atomic E-state index is -3.49. The van der Waals surface area contributed by atoms with Gasteiger partial charge in [0.1, 0.15) is 0 Å². The van der Waals surface area contributed by atoms with Crippen LogP contribution in [0.25, 0.3) is 0 Å². The summed E-state index contributed by atoms with van der Waals surface area (Å²) < 4.78 is 27.3. The highest BCUT2D eigenvalue weighted by atomic mass is 32.2. The molecule has 1 aromatic rings. The third kappa shape index (κ3) is 4.80. The number of piperidine rings is 1. The van der Waals surface area contributed by atoms with E-state index in [-0.39, 0.29) is 16.8 Å². The highest BCUT2D eigenvalue weighted by molar-refractivity contribution is 7.89. The molecular formula is C14H21N3O3S. The Kier molecular flexibility index (Phi) is 5.33. The summed E-state index contributed by atoms with van der Waals surface area (Å²) in [7, 11) is -3.49. The van der Waals surface area contributed by atoms with E-state index in [1.807, 2.05) is 0 Å². The van der Waals surface area contributed by atoms with Crippen LogP contribution in [0, 0.1) is 0 Å². The van der Waals surface area contributed by atoms with Gasteiger partial charge in [0.05, 0.1) is 4.90 Å². The largest absolute Gasteiger partial charge is 0.352 e. The maximum absolute atomic E-state index is 12.3. The van der Waals surface area contributed by atoms with Crippen LogP contribution in [0.15, 0.2) is 29.2 Å². The van der Waals surface area contributed by atoms with Crippen molar-refractivity contribution in [1.82, 2.24) is 15.4 Å². The molecule has 1 heterocycles. The molecule has 1 atom stereocenters. The predicted octanol–water partition coefficient (Wildman–Crippen LogP) is 0.353. The summed E-state index contributed by atoms with van der Waals surface area (Å²) in [5.74, 6) is -0.113. The summed E-state index contributed by atoms with van der Waals surface area (Å²) in [6, 6.07) is 6.50. The standard InChI is InChI=1S/C14H21N3O3S/c1-11(18)16-9-12-4-6-14(7-5-12)21(19,20)17-13-3-2-8-15-10-13/h4-7,13,15,17H,2-3,8-10H2,1H3,(H,16,18). The van der Waals surface area contributed by atoms with E-state index in [2.05, 4.69) is 15.4 Å². The van der Waals surface area contributed by atoms with Gasteiger partial charge in [-0.25, -0.2) is 13.1 Å². The van der Waals surface area contributed by atoms with Gasteiger partial charge < -0.3 is 10.6 Å². The molecule has 0 saturated carbocycles. The SMILES string of the molecule is CC(=O)NCc1ccc(S(=O)(=O)NC2CCCNC2)cc1. The first-order valence-corrected chi connectivity index (χ1v) is 8.52. The minimum absolute atomic E-state index is 0.0530. The smallest absolute Gasteiger partial charge is 0.240 e. The molecule has 0 spiro atoms. The van der Waals surface area contributed by atoms with Crippen molar-refractivity contribution in [3.63, 3.8) is 0 Å². The number of nitrogens with one attached hydrogen (secondary N) is 3. The Morgan fingerprint density at radius 1 is 1.33 bits per heavy atom. The molecule has 2 rings (SSSR count). The molecule has 6 nitrogen and oxygen atoms in total. The molecule has 0 aliphatic carbocycles. The van der Waals surface area contributed by atoms with Crippen LogP contribution in [-0.4, -0.2) is 33.5 Å². The summed E-state index contributed by atoms with van der Waals surface area (Å²) in [5.41, 5.74) is 0.864. The lowest BCUT2D eigenvalue weighted by molar-refractivity contribution is -0.119. The van der Waals surface area contributed by atoms with Crippen molar-refractivity contribution >= 4 is 15.9 Å². The monoisotopic (exact) mass is 311 g/mol. The van der Waals surface area contributed by atoms with Crippen molar-refractivity contribution in [3.8, 4) is 0 Å². The molecule has 21 heavy (non-hydrogen) atoms. The number of rotatable bonds is 5. The van der Waals surface area contributed by atoms with Crippen LogP contribution in [0.4, 0.5) is 0 Å². The summed E-state index contributed by atoms with van der Waals surface area (Å²) in [6.45, 7) is 3.45. The van der Waals surface area contributed by atoms with Gasteiger partial charge in [0.25, 0.3) is 0 Å². The van der Waals surface area contributed by atoms with Gasteiger partial charge in [0.15, 0.2) is 0 Å². The Balaban J connectivity index is 2.00. The average molecular weight is 311 g/mol. The van der Waals surface area contributed by atoms with E-state index >= 15 is 0 Å². The van der Waals surface area contributed by atoms with Crippen molar-refractivity contribution in [1.29, 1.82) is 0 Å². The predicted molar refractivity (Wildman–Crippen MR) is 80.2 cm³/mol. The number of carbonyl (C=O) groups excluding carboxylic acids is 1. The normalized spacial score (nSPS) is 19.2. The van der Waals surface area contributed by atoms with E-state index in [1.165, 1.54) is 6.92 Å². The number of carbonyl (C=O) groups is 1. The van der Waals surface area contributed by atoms with Gasteiger partial charge >= 0.3 is 0 Å². The number of hydrogen-bond acceptors (Lipinski definition) is 4. The van der Waals surface area contributed by atoms with Gasteiger partial charge in [0, 0.05) is 26.1 Å². The van der Waals surface area contributed by atoms with Gasteiger partial charge in [-0.1, -0.05) is 12.1 Å². The molecule has 1 unspecified atom stereocenters. The van der Waals surface area contributed by atoms with Crippen molar-refractivity contribution in [2.24, 2.45) is 0 Å². The van der Waals surface area contributed by atoms with Crippen molar-refractivity contribution in [2.75, 3.05) is 13.1 Å². The highest BCUT2D eigenvalue weighted by Gasteiger charge is 2.21. The molecule has 0 radical (unpaired) electrons. The molecule has 7 heteroatoms. The third-order valence-electron chi connectivity index (χ3n) is 3.39. The lowest BCUT2D eigenvalue weighted by atomic mass is 10.1. The summed E-state index contributed by atoms with van der Waals surface area (Å²) in [4.78, 5) is 11.1. The number of sulfonamides is 1. The van der Waals surface area contributed by atoms with E-state index in [0.29, 0.717) is 13.1 Å². The molecule has 0 aromatic heterocycles. The first-order valence-electron chi connectivity index (χ1n) is 7.04. The maximum atomic E-state index is 12.3. The van der Waals surface area contributed by atoms with Crippen LogP contribution >= 0.6 is 0 Å². The quantitative estimate of drug-likeness (QED) is 0.732. The van der Waals surface area contributed by atoms with Gasteiger partial charge in [-0.2, -0.15) is 0 Å². The van der Waals surface area contributed by atoms with Crippen molar-refractivity contribution < 1.29 is 13.2 Å². The Labute approximate surface area is 125 Å². The molecule has 116 valence electrons. The molecule has 1 amide bonds. The minimum Gasteiger partial charge on any atom is -0.352 e. The van der Waals surface area contributed by atoms with E-state index in [0.717, 1.165) is 24.9 Å². The van der Waals surface area contributed by atoms with Crippen LogP contribution in [0.2, 0.25) is 0 Å². The van der Waals surface area contributed by atoms with Crippen LogP contribution in [0.3, 0.4) is 0 Å². The third-order valence-corrected chi connectivity index (χ3v) is 4.93. The molecule has 1 saturated heterocycles. The zero-order valence-corrected chi connectivity index (χ0v) is 12.9. The highest BCUT2D eigenvalue weighted by Crippen LogP contribution is 2.13. The van der Waals surface area contributed by atoms with Crippen LogP contribution in [0.1, 0.15) is 25.3 Å². The zero-order chi connectivity index (χ0) is 15.3. The Morgan fingerprint density at radius 2 is 2.05 bits per heavy atom. The topological polar surface area (TPSA) is 87.3 Å². The molecular weight excluding hydrogens is 290 g/mol. The van der Waals surface area contributed by atoms with Crippen LogP contribution in [0.5, 0.6) is 0 Å². The Hall–Kier alpha value is -1.44. The van der Waals surface area contributed by atoms with Gasteiger partial charge in [-0.05, 0) is 37.1 Å². The number of benzene rings is 1. The van der Waals surface area contributed by atoms with Crippen LogP contribution < -0.4 is 15.4 Å². The molecule has 1 aliphatic heterocycles. The van der Waals surface area contributed by atoms with Crippen LogP contribution in [-0.2, 0) is 21.4 Å². The summed E-state index contributed by atoms with van der Waals surface area (Å²) in [5, 5.41) is 5.85. The van der Waals surface area contributed by atoms with Gasteiger partial charge in [-0.15, -0.1) is 0 Å². The first kappa shape index (κ1) is 15.9. The second-order valence-electron chi connectivity index (χ2n) is 5.22. The molecule has 1 aromatic carbocycles. The first-order chi connectivity index (χ1) is 9.97. The van der Waals surface area contributed by atoms with E-state index in [1.54, 1.807) is 24.3 Å². The van der Waals surface area contributed by atoms with E-state index in [4.69, 9.17) is 0 Å². The molecule has 1 fully saturated rings. The van der Waals surface area contributed by atoms with Crippen molar-refractivity contribution in [2.45, 2.75) is 37.2 Å². The molecule has 1 aliphatic rings. The molecule has 3 N–H and O–H groups in total.